The van der Waals surface area contributed by atoms with E-state index in [0.717, 1.165) is 6.54 Å². The highest BCUT2D eigenvalue weighted by Gasteiger charge is 2.31. The zero-order chi connectivity index (χ0) is 8.55. The second-order valence-electron chi connectivity index (χ2n) is 3.71. The molecule has 1 aromatic rings. The largest absolute Gasteiger partial charge is 0.348 e. The molecule has 3 nitrogen and oxygen atoms in total. The summed E-state index contributed by atoms with van der Waals surface area (Å²) >= 11 is 0. The molecule has 0 amide bonds. The number of nitrogens with one attached hydrogen (secondary N) is 2. The van der Waals surface area contributed by atoms with Crippen molar-refractivity contribution in [2.24, 2.45) is 5.92 Å². The molecule has 3 unspecified atom stereocenters. The lowest BCUT2D eigenvalue weighted by Gasteiger charge is -2.16. The van der Waals surface area contributed by atoms with E-state index >= 15 is 0 Å². The Balaban J connectivity index is 2.22. The summed E-state index contributed by atoms with van der Waals surface area (Å²) in [5.41, 5.74) is 1.26. The van der Waals surface area contributed by atoms with Crippen molar-refractivity contribution in [2.45, 2.75) is 25.8 Å². The predicted molar refractivity (Wildman–Crippen MR) is 48.0 cm³/mol. The second kappa shape index (κ2) is 2.90. The van der Waals surface area contributed by atoms with E-state index in [0.29, 0.717) is 17.9 Å². The van der Waals surface area contributed by atoms with Crippen molar-refractivity contribution in [2.75, 3.05) is 6.54 Å². The molecule has 3 heteroatoms. The van der Waals surface area contributed by atoms with Crippen LogP contribution in [0.1, 0.15) is 25.5 Å². The maximum atomic E-state index is 4.05. The van der Waals surface area contributed by atoms with Crippen LogP contribution in [0.4, 0.5) is 0 Å². The summed E-state index contributed by atoms with van der Waals surface area (Å²) in [6.07, 6.45) is 3.69. The van der Waals surface area contributed by atoms with Gasteiger partial charge < -0.3 is 10.3 Å². The monoisotopic (exact) mass is 165 g/mol. The van der Waals surface area contributed by atoms with E-state index in [2.05, 4.69) is 29.1 Å². The Kier molecular flexibility index (Phi) is 1.89. The molecule has 2 rings (SSSR count). The van der Waals surface area contributed by atoms with Crippen LogP contribution in [0.25, 0.3) is 0 Å². The molecule has 2 heterocycles. The maximum Gasteiger partial charge on any atom is 0.0921 e. The third-order valence-corrected chi connectivity index (χ3v) is 2.79. The van der Waals surface area contributed by atoms with Gasteiger partial charge in [-0.25, -0.2) is 4.98 Å². The average Bonchev–Trinajstić information content (AvgIpc) is 2.61. The SMILES string of the molecule is CC1CNC(C)C1c1cnc[nH]1. The molecule has 0 spiro atoms. The summed E-state index contributed by atoms with van der Waals surface area (Å²) in [5, 5.41) is 3.46. The van der Waals surface area contributed by atoms with Gasteiger partial charge in [-0.15, -0.1) is 0 Å². The fourth-order valence-electron chi connectivity index (χ4n) is 2.14. The Morgan fingerprint density at radius 2 is 2.33 bits per heavy atom. The highest BCUT2D eigenvalue weighted by Crippen LogP contribution is 2.30. The molecule has 0 bridgehead atoms. The fourth-order valence-corrected chi connectivity index (χ4v) is 2.14. The van der Waals surface area contributed by atoms with Crippen LogP contribution in [-0.4, -0.2) is 22.6 Å². The molecule has 0 radical (unpaired) electrons. The van der Waals surface area contributed by atoms with Gasteiger partial charge in [0.25, 0.3) is 0 Å². The Morgan fingerprint density at radius 3 is 2.83 bits per heavy atom. The lowest BCUT2D eigenvalue weighted by Crippen LogP contribution is -2.21. The van der Waals surface area contributed by atoms with Crippen LogP contribution >= 0.6 is 0 Å². The molecule has 66 valence electrons. The van der Waals surface area contributed by atoms with Gasteiger partial charge in [0.2, 0.25) is 0 Å². The summed E-state index contributed by atoms with van der Waals surface area (Å²) in [7, 11) is 0. The first-order valence-corrected chi connectivity index (χ1v) is 4.50. The number of H-pyrrole nitrogens is 1. The topological polar surface area (TPSA) is 40.7 Å². The molecular formula is C9H15N3. The number of imidazole rings is 1. The van der Waals surface area contributed by atoms with Gasteiger partial charge in [0.1, 0.15) is 0 Å². The van der Waals surface area contributed by atoms with Crippen molar-refractivity contribution in [1.82, 2.24) is 15.3 Å². The summed E-state index contributed by atoms with van der Waals surface area (Å²) in [4.78, 5) is 7.24. The van der Waals surface area contributed by atoms with Crippen LogP contribution < -0.4 is 5.32 Å². The number of rotatable bonds is 1. The molecule has 2 N–H and O–H groups in total. The van der Waals surface area contributed by atoms with Gasteiger partial charge in [-0.05, 0) is 19.4 Å². The van der Waals surface area contributed by atoms with Gasteiger partial charge in [0.05, 0.1) is 6.33 Å². The molecule has 3 atom stereocenters. The van der Waals surface area contributed by atoms with Crippen molar-refractivity contribution >= 4 is 0 Å². The standard InChI is InChI=1S/C9H15N3/c1-6-3-11-7(2)9(6)8-4-10-5-12-8/h4-7,9,11H,3H2,1-2H3,(H,10,12). The predicted octanol–water partition coefficient (Wildman–Crippen LogP) is 1.12. The molecule has 1 saturated heterocycles. The molecule has 1 fully saturated rings. The van der Waals surface area contributed by atoms with Crippen LogP contribution in [0.2, 0.25) is 0 Å². The summed E-state index contributed by atoms with van der Waals surface area (Å²) in [6.45, 7) is 5.63. The second-order valence-corrected chi connectivity index (χ2v) is 3.71. The van der Waals surface area contributed by atoms with Crippen LogP contribution in [0.15, 0.2) is 12.5 Å². The smallest absolute Gasteiger partial charge is 0.0921 e. The Hall–Kier alpha value is -0.830. The molecular weight excluding hydrogens is 150 g/mol. The highest BCUT2D eigenvalue weighted by molar-refractivity contribution is 5.11. The van der Waals surface area contributed by atoms with Crippen molar-refractivity contribution in [3.05, 3.63) is 18.2 Å². The third kappa shape index (κ3) is 1.14. The van der Waals surface area contributed by atoms with E-state index in [1.165, 1.54) is 5.69 Å². The van der Waals surface area contributed by atoms with Crippen LogP contribution in [0.3, 0.4) is 0 Å². The van der Waals surface area contributed by atoms with E-state index in [-0.39, 0.29) is 0 Å². The van der Waals surface area contributed by atoms with Crippen molar-refractivity contribution in [1.29, 1.82) is 0 Å². The van der Waals surface area contributed by atoms with Gasteiger partial charge >= 0.3 is 0 Å². The summed E-state index contributed by atoms with van der Waals surface area (Å²) < 4.78 is 0. The first-order chi connectivity index (χ1) is 5.79. The fraction of sp³-hybridized carbons (Fsp3) is 0.667. The van der Waals surface area contributed by atoms with Crippen molar-refractivity contribution < 1.29 is 0 Å². The van der Waals surface area contributed by atoms with E-state index in [9.17, 15) is 0 Å². The van der Waals surface area contributed by atoms with Crippen molar-refractivity contribution in [3.63, 3.8) is 0 Å². The molecule has 0 saturated carbocycles. The van der Waals surface area contributed by atoms with Gasteiger partial charge in [-0.3, -0.25) is 0 Å². The first-order valence-electron chi connectivity index (χ1n) is 4.50. The number of aromatic amines is 1. The minimum Gasteiger partial charge on any atom is -0.348 e. The highest BCUT2D eigenvalue weighted by atomic mass is 15.0. The Labute approximate surface area is 72.6 Å². The van der Waals surface area contributed by atoms with Gasteiger partial charge in [0.15, 0.2) is 0 Å². The lowest BCUT2D eigenvalue weighted by atomic mass is 9.90. The first kappa shape index (κ1) is 7.80. The molecule has 1 aliphatic rings. The molecule has 1 aromatic heterocycles. The van der Waals surface area contributed by atoms with E-state index in [4.69, 9.17) is 0 Å². The molecule has 0 aliphatic carbocycles. The number of hydrogen-bond donors (Lipinski definition) is 2. The van der Waals surface area contributed by atoms with Gasteiger partial charge in [0, 0.05) is 23.9 Å². The summed E-state index contributed by atoms with van der Waals surface area (Å²) in [5.74, 6) is 1.31. The zero-order valence-electron chi connectivity index (χ0n) is 7.54. The Bertz CT molecular complexity index is 232. The minimum atomic E-state index is 0.570. The quantitative estimate of drug-likeness (QED) is 0.654. The molecule has 0 aromatic carbocycles. The minimum absolute atomic E-state index is 0.570. The number of aromatic nitrogens is 2. The van der Waals surface area contributed by atoms with E-state index in [1.54, 1.807) is 6.33 Å². The molecule has 12 heavy (non-hydrogen) atoms. The van der Waals surface area contributed by atoms with Crippen LogP contribution in [0, 0.1) is 5.92 Å². The summed E-state index contributed by atoms with van der Waals surface area (Å²) in [6, 6.07) is 0.570. The molecule has 1 aliphatic heterocycles. The number of hydrogen-bond acceptors (Lipinski definition) is 2. The van der Waals surface area contributed by atoms with E-state index in [1.807, 2.05) is 6.20 Å². The lowest BCUT2D eigenvalue weighted by molar-refractivity contribution is 0.509. The average molecular weight is 165 g/mol. The van der Waals surface area contributed by atoms with Crippen LogP contribution in [0.5, 0.6) is 0 Å². The van der Waals surface area contributed by atoms with Gasteiger partial charge in [-0.1, -0.05) is 6.92 Å². The van der Waals surface area contributed by atoms with Gasteiger partial charge in [-0.2, -0.15) is 0 Å². The van der Waals surface area contributed by atoms with Crippen LogP contribution in [-0.2, 0) is 0 Å². The normalized spacial score (nSPS) is 35.7. The number of nitrogens with zero attached hydrogens (tertiary/aromatic N) is 1. The zero-order valence-corrected chi connectivity index (χ0v) is 7.54. The maximum absolute atomic E-state index is 4.05. The Morgan fingerprint density at radius 1 is 1.50 bits per heavy atom. The third-order valence-electron chi connectivity index (χ3n) is 2.79. The van der Waals surface area contributed by atoms with Crippen molar-refractivity contribution in [3.8, 4) is 0 Å². The van der Waals surface area contributed by atoms with E-state index < -0.39 is 0 Å².